The van der Waals surface area contributed by atoms with Crippen molar-refractivity contribution >= 4 is 25.0 Å². The number of aliphatic hydroxyl groups excluding tert-OH is 1. The average molecular weight is 687 g/mol. The van der Waals surface area contributed by atoms with Crippen molar-refractivity contribution in [3.8, 4) is 23.7 Å². The molecule has 0 amide bonds. The molecule has 0 aromatic carbocycles. The van der Waals surface area contributed by atoms with Crippen LogP contribution in [-0.2, 0) is 13.3 Å². The molecule has 0 saturated carbocycles. The molecule has 0 aromatic heterocycles. The van der Waals surface area contributed by atoms with Gasteiger partial charge >= 0.3 is 0 Å². The molecule has 0 heterocycles. The van der Waals surface area contributed by atoms with E-state index in [1.54, 1.807) is 6.08 Å². The van der Waals surface area contributed by atoms with Crippen LogP contribution in [0.3, 0.4) is 0 Å². The van der Waals surface area contributed by atoms with Gasteiger partial charge in [-0.2, -0.15) is 0 Å². The van der Waals surface area contributed by atoms with E-state index in [1.165, 1.54) is 0 Å². The maximum Gasteiger partial charge on any atom is 0.202 e. The summed E-state index contributed by atoms with van der Waals surface area (Å²) in [5, 5.41) is 11.4. The molecular formula is C39H70O4Si3. The van der Waals surface area contributed by atoms with Crippen molar-refractivity contribution in [1.82, 2.24) is 0 Å². The number of hydrogen-bond acceptors (Lipinski definition) is 4. The van der Waals surface area contributed by atoms with Crippen LogP contribution in [0.15, 0.2) is 23.6 Å². The highest BCUT2D eigenvalue weighted by molar-refractivity contribution is 6.78. The zero-order valence-electron chi connectivity index (χ0n) is 32.8. The molecule has 0 saturated heterocycles. The molecule has 0 radical (unpaired) electrons. The number of aliphatic hydroxyl groups is 1. The molecule has 1 rings (SSSR count). The van der Waals surface area contributed by atoms with Gasteiger partial charge in [-0.15, -0.1) is 0 Å². The molecule has 0 spiro atoms. The van der Waals surface area contributed by atoms with Gasteiger partial charge in [0.15, 0.2) is 0 Å². The highest BCUT2D eigenvalue weighted by atomic mass is 28.4. The van der Waals surface area contributed by atoms with E-state index in [1.807, 2.05) is 6.08 Å². The van der Waals surface area contributed by atoms with Gasteiger partial charge in [0.1, 0.15) is 24.4 Å². The van der Waals surface area contributed by atoms with Crippen LogP contribution < -0.4 is 0 Å². The predicted molar refractivity (Wildman–Crippen MR) is 205 cm³/mol. The molecule has 0 bridgehead atoms. The fraction of sp³-hybridized carbons (Fsp3) is 0.795. The van der Waals surface area contributed by atoms with Crippen molar-refractivity contribution < 1.29 is 18.4 Å². The Morgan fingerprint density at radius 3 is 1.07 bits per heavy atom. The molecule has 1 aliphatic rings. The second kappa shape index (κ2) is 18.1. The minimum Gasteiger partial charge on any atom is -0.405 e. The topological polar surface area (TPSA) is 47.9 Å². The van der Waals surface area contributed by atoms with Gasteiger partial charge in [-0.1, -0.05) is 148 Å². The standard InChI is InChI=1S/C39H70O4Si3/c1-27(2)44(28(3)4,29(5)6)41-37-24-21-22-26-39(43-46(33(13)14,34(15)16)35(17)18)38(25-20-19-23-36(37)40)42-45(30(7)8,31(9)10)32(11)12/h23,25,27-40H,1-18H3/t36-,37-,38?,39-/m0/s1. The average Bonchev–Trinajstić information content (AvgIpc) is 2.91. The summed E-state index contributed by atoms with van der Waals surface area (Å²) in [5.74, 6) is 13.0. The van der Waals surface area contributed by atoms with Crippen LogP contribution in [0.25, 0.3) is 0 Å². The molecule has 1 unspecified atom stereocenters. The summed E-state index contributed by atoms with van der Waals surface area (Å²) in [6, 6.07) is 0. The first-order valence-electron chi connectivity index (χ1n) is 18.1. The smallest absolute Gasteiger partial charge is 0.202 e. The van der Waals surface area contributed by atoms with E-state index in [-0.39, 0.29) is 0 Å². The Bertz CT molecular complexity index is 1110. The number of rotatable bonds is 15. The van der Waals surface area contributed by atoms with Crippen LogP contribution in [0, 0.1) is 23.7 Å². The summed E-state index contributed by atoms with van der Waals surface area (Å²) >= 11 is 0. The first-order valence-corrected chi connectivity index (χ1v) is 24.5. The van der Waals surface area contributed by atoms with Gasteiger partial charge in [-0.25, -0.2) is 0 Å². The highest BCUT2D eigenvalue weighted by Gasteiger charge is 2.51. The van der Waals surface area contributed by atoms with Crippen LogP contribution in [0.2, 0.25) is 49.9 Å². The molecule has 262 valence electrons. The lowest BCUT2D eigenvalue weighted by molar-refractivity contribution is 0.0900. The first kappa shape index (κ1) is 42.9. The van der Waals surface area contributed by atoms with Crippen molar-refractivity contribution in [1.29, 1.82) is 0 Å². The maximum atomic E-state index is 11.4. The van der Waals surface area contributed by atoms with Gasteiger partial charge in [0.2, 0.25) is 25.0 Å². The predicted octanol–water partition coefficient (Wildman–Crippen LogP) is 10.9. The van der Waals surface area contributed by atoms with Crippen LogP contribution in [0.1, 0.15) is 125 Å². The zero-order valence-corrected chi connectivity index (χ0v) is 35.8. The molecular weight excluding hydrogens is 617 g/mol. The summed E-state index contributed by atoms with van der Waals surface area (Å²) in [4.78, 5) is 0. The largest absolute Gasteiger partial charge is 0.405 e. The van der Waals surface area contributed by atoms with E-state index in [2.05, 4.69) is 160 Å². The van der Waals surface area contributed by atoms with E-state index in [0.29, 0.717) is 49.9 Å². The second-order valence-corrected chi connectivity index (χ2v) is 32.5. The van der Waals surface area contributed by atoms with Gasteiger partial charge in [-0.05, 0) is 73.9 Å². The minimum absolute atomic E-state index is 0.359. The Hall–Kier alpha value is -1.09. The third-order valence-corrected chi connectivity index (χ3v) is 29.1. The van der Waals surface area contributed by atoms with Crippen LogP contribution in [0.5, 0.6) is 0 Å². The molecule has 0 aromatic rings. The van der Waals surface area contributed by atoms with Crippen molar-refractivity contribution in [2.45, 2.75) is 199 Å². The molecule has 1 N–H and O–H groups in total. The molecule has 1 aliphatic carbocycles. The monoisotopic (exact) mass is 686 g/mol. The van der Waals surface area contributed by atoms with Crippen LogP contribution >= 0.6 is 0 Å². The van der Waals surface area contributed by atoms with Gasteiger partial charge in [0.25, 0.3) is 0 Å². The van der Waals surface area contributed by atoms with Gasteiger partial charge in [0.05, 0.1) is 0 Å². The van der Waals surface area contributed by atoms with E-state index in [0.717, 1.165) is 0 Å². The molecule has 0 fully saturated rings. The molecule has 4 nitrogen and oxygen atoms in total. The molecule has 7 heteroatoms. The van der Waals surface area contributed by atoms with Crippen LogP contribution in [-0.4, -0.2) is 54.5 Å². The van der Waals surface area contributed by atoms with Gasteiger partial charge in [0, 0.05) is 0 Å². The van der Waals surface area contributed by atoms with Gasteiger partial charge < -0.3 is 18.4 Å². The summed E-state index contributed by atoms with van der Waals surface area (Å²) in [5.41, 5.74) is 9.82. The second-order valence-electron chi connectivity index (χ2n) is 16.3. The van der Waals surface area contributed by atoms with Crippen molar-refractivity contribution in [2.75, 3.05) is 0 Å². The van der Waals surface area contributed by atoms with Crippen molar-refractivity contribution in [3.05, 3.63) is 23.6 Å². The quantitative estimate of drug-likeness (QED) is 0.106. The van der Waals surface area contributed by atoms with Crippen LogP contribution in [0.4, 0.5) is 0 Å². The van der Waals surface area contributed by atoms with Crippen molar-refractivity contribution in [3.63, 3.8) is 0 Å². The van der Waals surface area contributed by atoms with E-state index >= 15 is 0 Å². The molecule has 0 aliphatic heterocycles. The lowest BCUT2D eigenvalue weighted by Gasteiger charge is -2.48. The van der Waals surface area contributed by atoms with Crippen molar-refractivity contribution in [2.24, 2.45) is 0 Å². The SMILES string of the molecule is CC(C)[Si](OC1C=C=C=C[C@H](O)[C@@H](O[Si](C(C)C)(C(C)C)C(C)C)C#CC#C[C@@H]1O[Si](C(C)C)(C(C)C)C(C)C)(C(C)C)C(C)C. The Kier molecular flexibility index (Phi) is 16.9. The Morgan fingerprint density at radius 2 is 0.717 bits per heavy atom. The summed E-state index contributed by atoms with van der Waals surface area (Å²) in [6.45, 7) is 41.1. The Labute approximate surface area is 288 Å². The van der Waals surface area contributed by atoms with E-state index in [9.17, 15) is 5.11 Å². The first-order chi connectivity index (χ1) is 21.2. The Morgan fingerprint density at radius 1 is 0.435 bits per heavy atom. The van der Waals surface area contributed by atoms with E-state index < -0.39 is 49.4 Å². The summed E-state index contributed by atoms with van der Waals surface area (Å²) < 4.78 is 21.7. The van der Waals surface area contributed by atoms with E-state index in [4.69, 9.17) is 13.3 Å². The molecule has 4 atom stereocenters. The lowest BCUT2D eigenvalue weighted by Crippen LogP contribution is -2.56. The Balaban J connectivity index is 4.04. The van der Waals surface area contributed by atoms with Gasteiger partial charge in [-0.3, -0.25) is 0 Å². The lowest BCUT2D eigenvalue weighted by atomic mass is 10.2. The minimum atomic E-state index is -2.35. The third kappa shape index (κ3) is 9.32. The summed E-state index contributed by atoms with van der Waals surface area (Å²) in [6.07, 6.45) is 0.964. The fourth-order valence-electron chi connectivity index (χ4n) is 9.01. The fourth-order valence-corrected chi connectivity index (χ4v) is 25.4. The number of hydrogen-bond donors (Lipinski definition) is 1. The maximum absolute atomic E-state index is 11.4. The normalized spacial score (nSPS) is 21.6. The summed E-state index contributed by atoms with van der Waals surface area (Å²) in [7, 11) is -7.00. The zero-order chi connectivity index (χ0) is 35.8. The molecule has 46 heavy (non-hydrogen) atoms. The highest BCUT2D eigenvalue weighted by Crippen LogP contribution is 2.47. The third-order valence-electron chi connectivity index (χ3n) is 10.8.